The highest BCUT2D eigenvalue weighted by Crippen LogP contribution is 2.30. The van der Waals surface area contributed by atoms with Crippen molar-refractivity contribution in [2.45, 2.75) is 30.8 Å². The van der Waals surface area contributed by atoms with E-state index in [0.29, 0.717) is 10.5 Å². The monoisotopic (exact) mass is 175 g/mol. The summed E-state index contributed by atoms with van der Waals surface area (Å²) in [6, 6.07) is 0. The Labute approximate surface area is 71.4 Å². The molecule has 3 fully saturated rings. The molecule has 0 radical (unpaired) electrons. The lowest BCUT2D eigenvalue weighted by atomic mass is 10.1. The maximum atomic E-state index is 11.1. The quantitative estimate of drug-likeness (QED) is 0.544. The maximum Gasteiger partial charge on any atom is 0.0490 e. The molecule has 0 aromatic rings. The van der Waals surface area contributed by atoms with Crippen LogP contribution in [0.2, 0.25) is 0 Å². The molecule has 3 aliphatic heterocycles. The van der Waals surface area contributed by atoms with Crippen molar-refractivity contribution < 1.29 is 4.21 Å². The average molecular weight is 175 g/mol. The lowest BCUT2D eigenvalue weighted by Crippen LogP contribution is -2.57. The van der Waals surface area contributed by atoms with E-state index in [9.17, 15) is 4.21 Å². The van der Waals surface area contributed by atoms with Gasteiger partial charge in [-0.1, -0.05) is 13.8 Å². The van der Waals surface area contributed by atoms with E-state index in [4.69, 9.17) is 0 Å². The number of nitrogens with zero attached hydrogens (tertiary/aromatic N) is 1. The summed E-state index contributed by atoms with van der Waals surface area (Å²) in [6.07, 6.45) is 1.22. The van der Waals surface area contributed by atoms with Crippen LogP contribution in [0, 0.1) is 0 Å². The highest BCUT2D eigenvalue weighted by Gasteiger charge is 2.43. The maximum absolute atomic E-state index is 11.1. The molecule has 11 heavy (non-hydrogen) atoms. The van der Waals surface area contributed by atoms with Crippen molar-refractivity contribution in [1.82, 2.24) is 4.90 Å². The first-order valence-electron chi connectivity index (χ1n) is 4.35. The molecule has 0 saturated carbocycles. The molecule has 3 heteroatoms. The molecular formula is C8H17NOS. The fourth-order valence-electron chi connectivity index (χ4n) is 1.70. The lowest BCUT2D eigenvalue weighted by Gasteiger charge is -2.44. The molecule has 0 aliphatic carbocycles. The molecule has 3 rings (SSSR count). The van der Waals surface area contributed by atoms with Gasteiger partial charge >= 0.3 is 0 Å². The molecule has 3 saturated heterocycles. The molecule has 2 nitrogen and oxygen atoms in total. The third-order valence-electron chi connectivity index (χ3n) is 2.21. The van der Waals surface area contributed by atoms with Crippen LogP contribution in [0.1, 0.15) is 20.3 Å². The second-order valence-corrected chi connectivity index (χ2v) is 5.02. The number of hydrogen-bond acceptors (Lipinski definition) is 2. The smallest absolute Gasteiger partial charge is 0.0490 e. The normalized spacial score (nSPS) is 41.9. The first-order chi connectivity index (χ1) is 5.27. The van der Waals surface area contributed by atoms with E-state index in [1.807, 2.05) is 13.8 Å². The van der Waals surface area contributed by atoms with Crippen LogP contribution in [0.4, 0.5) is 0 Å². The van der Waals surface area contributed by atoms with Crippen molar-refractivity contribution >= 4 is 10.8 Å². The first kappa shape index (κ1) is 9.20. The zero-order valence-corrected chi connectivity index (χ0v) is 8.36. The largest absolute Gasteiger partial charge is 0.304 e. The number of piperidine rings is 1. The first-order valence-corrected chi connectivity index (χ1v) is 5.63. The fourth-order valence-corrected chi connectivity index (χ4v) is 3.53. The van der Waals surface area contributed by atoms with E-state index in [1.165, 1.54) is 6.42 Å². The van der Waals surface area contributed by atoms with Gasteiger partial charge in [-0.25, -0.2) is 0 Å². The molecule has 0 spiro atoms. The lowest BCUT2D eigenvalue weighted by molar-refractivity contribution is 0.260. The SMILES string of the molecule is CC.CN1CC2CC(C1)S2=O. The number of rotatable bonds is 0. The molecule has 2 unspecified atom stereocenters. The van der Waals surface area contributed by atoms with Gasteiger partial charge in [-0.2, -0.15) is 0 Å². The van der Waals surface area contributed by atoms with Crippen LogP contribution in [-0.4, -0.2) is 39.7 Å². The Morgan fingerprint density at radius 3 is 2.00 bits per heavy atom. The molecule has 3 aliphatic rings. The van der Waals surface area contributed by atoms with Gasteiger partial charge in [0.05, 0.1) is 0 Å². The van der Waals surface area contributed by atoms with Gasteiger partial charge in [-0.3, -0.25) is 4.21 Å². The molecule has 66 valence electrons. The molecule has 0 aromatic heterocycles. The van der Waals surface area contributed by atoms with Gasteiger partial charge in [-0.15, -0.1) is 0 Å². The standard InChI is InChI=1S/C6H11NOS.C2H6/c1-7-3-5-2-6(4-7)9(5)8;1-2/h5-6H,2-4H2,1H3;1-2H3. The number of fused-ring (bicyclic) bond motifs is 2. The molecule has 0 amide bonds. The van der Waals surface area contributed by atoms with Crippen molar-refractivity contribution in [3.05, 3.63) is 0 Å². The van der Waals surface area contributed by atoms with Crippen molar-refractivity contribution in [3.63, 3.8) is 0 Å². The van der Waals surface area contributed by atoms with Crippen LogP contribution in [0.3, 0.4) is 0 Å². The van der Waals surface area contributed by atoms with Gasteiger partial charge in [0, 0.05) is 34.4 Å². The minimum absolute atomic E-state index is 0.450. The van der Waals surface area contributed by atoms with Crippen LogP contribution in [0.25, 0.3) is 0 Å². The molecule has 3 heterocycles. The van der Waals surface area contributed by atoms with E-state index < -0.39 is 10.8 Å². The Morgan fingerprint density at radius 1 is 1.27 bits per heavy atom. The van der Waals surface area contributed by atoms with E-state index in [0.717, 1.165) is 13.1 Å². The summed E-state index contributed by atoms with van der Waals surface area (Å²) in [5.74, 6) is 0. The highest BCUT2D eigenvalue weighted by molar-refractivity contribution is 7.87. The van der Waals surface area contributed by atoms with Crippen LogP contribution >= 0.6 is 0 Å². The third-order valence-corrected chi connectivity index (χ3v) is 4.21. The van der Waals surface area contributed by atoms with Crippen LogP contribution in [-0.2, 0) is 10.8 Å². The van der Waals surface area contributed by atoms with Crippen molar-refractivity contribution in [1.29, 1.82) is 0 Å². The highest BCUT2D eigenvalue weighted by atomic mass is 32.2. The summed E-state index contributed by atoms with van der Waals surface area (Å²) >= 11 is 0. The van der Waals surface area contributed by atoms with Crippen molar-refractivity contribution in [2.24, 2.45) is 0 Å². The number of hydrogen-bond donors (Lipinski definition) is 0. The Bertz CT molecular complexity index is 146. The van der Waals surface area contributed by atoms with Crippen molar-refractivity contribution in [2.75, 3.05) is 20.1 Å². The minimum Gasteiger partial charge on any atom is -0.304 e. The molecule has 0 N–H and O–H groups in total. The third kappa shape index (κ3) is 1.64. The molecular weight excluding hydrogens is 158 g/mol. The van der Waals surface area contributed by atoms with E-state index >= 15 is 0 Å². The average Bonchev–Trinajstić information content (AvgIpc) is 2.07. The van der Waals surface area contributed by atoms with Crippen LogP contribution < -0.4 is 0 Å². The topological polar surface area (TPSA) is 20.3 Å². The summed E-state index contributed by atoms with van der Waals surface area (Å²) < 4.78 is 11.1. The van der Waals surface area contributed by atoms with Gasteiger partial charge in [0.2, 0.25) is 0 Å². The predicted octanol–water partition coefficient (Wildman–Crippen LogP) is 0.848. The van der Waals surface area contributed by atoms with Gasteiger partial charge in [0.1, 0.15) is 0 Å². The van der Waals surface area contributed by atoms with Gasteiger partial charge in [0.25, 0.3) is 0 Å². The Morgan fingerprint density at radius 2 is 1.73 bits per heavy atom. The molecule has 2 atom stereocenters. The summed E-state index contributed by atoms with van der Waals surface area (Å²) in [4.78, 5) is 2.28. The second kappa shape index (κ2) is 3.68. The Balaban J connectivity index is 0.000000281. The minimum atomic E-state index is -0.450. The van der Waals surface area contributed by atoms with E-state index in [1.54, 1.807) is 0 Å². The fraction of sp³-hybridized carbons (Fsp3) is 1.00. The van der Waals surface area contributed by atoms with E-state index in [2.05, 4.69) is 11.9 Å². The summed E-state index contributed by atoms with van der Waals surface area (Å²) in [6.45, 7) is 6.12. The Kier molecular flexibility index (Phi) is 3.07. The van der Waals surface area contributed by atoms with Crippen molar-refractivity contribution in [3.8, 4) is 0 Å². The van der Waals surface area contributed by atoms with Gasteiger partial charge in [-0.05, 0) is 13.5 Å². The predicted molar refractivity (Wildman–Crippen MR) is 49.2 cm³/mol. The molecule has 2 bridgehead atoms. The van der Waals surface area contributed by atoms with Gasteiger partial charge in [0.15, 0.2) is 0 Å². The van der Waals surface area contributed by atoms with Crippen LogP contribution in [0.15, 0.2) is 0 Å². The summed E-state index contributed by atoms with van der Waals surface area (Å²) in [5.41, 5.74) is 0. The zero-order valence-electron chi connectivity index (χ0n) is 7.54. The summed E-state index contributed by atoms with van der Waals surface area (Å²) in [7, 11) is 1.66. The van der Waals surface area contributed by atoms with Gasteiger partial charge < -0.3 is 4.90 Å². The second-order valence-electron chi connectivity index (χ2n) is 3.03. The zero-order chi connectivity index (χ0) is 8.43. The van der Waals surface area contributed by atoms with E-state index in [-0.39, 0.29) is 0 Å². The Hall–Kier alpha value is 0.110. The molecule has 0 aromatic carbocycles. The summed E-state index contributed by atoms with van der Waals surface area (Å²) in [5, 5.41) is 1.04. The van der Waals surface area contributed by atoms with Crippen LogP contribution in [0.5, 0.6) is 0 Å².